The SMILES string of the molecule is C=CC(=O)Nc1ncc2c(n1)CCC(C)(C)C2. The third kappa shape index (κ3) is 2.70. The van der Waals surface area contributed by atoms with Crippen molar-refractivity contribution in [3.8, 4) is 0 Å². The highest BCUT2D eigenvalue weighted by Gasteiger charge is 2.26. The van der Waals surface area contributed by atoms with E-state index in [2.05, 4.69) is 35.7 Å². The Bertz CT molecular complexity index is 466. The van der Waals surface area contributed by atoms with Crippen molar-refractivity contribution in [1.82, 2.24) is 9.97 Å². The molecule has 1 amide bonds. The summed E-state index contributed by atoms with van der Waals surface area (Å²) >= 11 is 0. The largest absolute Gasteiger partial charge is 0.291 e. The van der Waals surface area contributed by atoms with Gasteiger partial charge in [-0.1, -0.05) is 20.4 Å². The van der Waals surface area contributed by atoms with Crippen LogP contribution in [0.3, 0.4) is 0 Å². The predicted octanol–water partition coefficient (Wildman–Crippen LogP) is 2.12. The molecule has 2 rings (SSSR count). The Balaban J connectivity index is 2.21. The number of carbonyl (C=O) groups excluding carboxylic acids is 1. The highest BCUT2D eigenvalue weighted by atomic mass is 16.1. The molecule has 0 radical (unpaired) electrons. The second kappa shape index (κ2) is 4.28. The van der Waals surface area contributed by atoms with E-state index in [1.54, 1.807) is 0 Å². The van der Waals surface area contributed by atoms with E-state index in [0.717, 1.165) is 25.0 Å². The van der Waals surface area contributed by atoms with Crippen LogP contribution in [0.15, 0.2) is 18.9 Å². The molecule has 0 atom stereocenters. The third-order valence-corrected chi connectivity index (χ3v) is 3.08. The summed E-state index contributed by atoms with van der Waals surface area (Å²) in [6.45, 7) is 7.90. The molecule has 4 nitrogen and oxygen atoms in total. The fraction of sp³-hybridized carbons (Fsp3) is 0.462. The lowest BCUT2D eigenvalue weighted by molar-refractivity contribution is -0.111. The standard InChI is InChI=1S/C13H17N3O/c1-4-11(17)16-12-14-8-9-7-13(2,3)6-5-10(9)15-12/h4,8H,1,5-7H2,2-3H3,(H,14,15,16,17). The maximum absolute atomic E-state index is 11.1. The van der Waals surface area contributed by atoms with Gasteiger partial charge >= 0.3 is 0 Å². The van der Waals surface area contributed by atoms with E-state index in [1.807, 2.05) is 6.20 Å². The minimum atomic E-state index is -0.277. The summed E-state index contributed by atoms with van der Waals surface area (Å²) in [6.07, 6.45) is 6.10. The smallest absolute Gasteiger partial charge is 0.250 e. The van der Waals surface area contributed by atoms with Crippen LogP contribution in [0.1, 0.15) is 31.5 Å². The molecule has 0 aliphatic heterocycles. The van der Waals surface area contributed by atoms with Crippen LogP contribution in [0.4, 0.5) is 5.95 Å². The van der Waals surface area contributed by atoms with Crippen molar-refractivity contribution < 1.29 is 4.79 Å². The second-order valence-electron chi connectivity index (χ2n) is 5.20. The first-order valence-electron chi connectivity index (χ1n) is 5.78. The van der Waals surface area contributed by atoms with Crippen molar-refractivity contribution in [1.29, 1.82) is 0 Å². The van der Waals surface area contributed by atoms with Gasteiger partial charge < -0.3 is 0 Å². The molecule has 1 aromatic heterocycles. The number of aromatic nitrogens is 2. The number of rotatable bonds is 2. The van der Waals surface area contributed by atoms with Gasteiger partial charge in [-0.3, -0.25) is 10.1 Å². The van der Waals surface area contributed by atoms with Gasteiger partial charge in [-0.05, 0) is 36.3 Å². The maximum atomic E-state index is 11.1. The minimum absolute atomic E-state index is 0.277. The number of carbonyl (C=O) groups is 1. The topological polar surface area (TPSA) is 54.9 Å². The van der Waals surface area contributed by atoms with Crippen LogP contribution in [-0.4, -0.2) is 15.9 Å². The molecule has 0 spiro atoms. The molecule has 1 aliphatic rings. The molecule has 4 heteroatoms. The molecular formula is C13H17N3O. The number of anilines is 1. The Labute approximate surface area is 101 Å². The lowest BCUT2D eigenvalue weighted by atomic mass is 9.76. The number of aryl methyl sites for hydroxylation is 1. The Morgan fingerprint density at radius 1 is 1.59 bits per heavy atom. The summed E-state index contributed by atoms with van der Waals surface area (Å²) in [6, 6.07) is 0. The van der Waals surface area contributed by atoms with Crippen LogP contribution >= 0.6 is 0 Å². The summed E-state index contributed by atoms with van der Waals surface area (Å²) in [4.78, 5) is 19.7. The Hall–Kier alpha value is -1.71. The molecule has 1 N–H and O–H groups in total. The van der Waals surface area contributed by atoms with Crippen molar-refractivity contribution in [3.63, 3.8) is 0 Å². The number of nitrogens with one attached hydrogen (secondary N) is 1. The third-order valence-electron chi connectivity index (χ3n) is 3.08. The highest BCUT2D eigenvalue weighted by Crippen LogP contribution is 2.33. The van der Waals surface area contributed by atoms with Crippen molar-refractivity contribution >= 4 is 11.9 Å². The summed E-state index contributed by atoms with van der Waals surface area (Å²) in [5, 5.41) is 2.58. The molecule has 1 aromatic rings. The summed E-state index contributed by atoms with van der Waals surface area (Å²) in [5.41, 5.74) is 2.57. The van der Waals surface area contributed by atoms with Gasteiger partial charge in [0.25, 0.3) is 0 Å². The van der Waals surface area contributed by atoms with Gasteiger partial charge in [0.15, 0.2) is 0 Å². The summed E-state index contributed by atoms with van der Waals surface area (Å²) in [7, 11) is 0. The van der Waals surface area contributed by atoms with Crippen LogP contribution in [0.25, 0.3) is 0 Å². The van der Waals surface area contributed by atoms with E-state index in [4.69, 9.17) is 0 Å². The molecule has 17 heavy (non-hydrogen) atoms. The minimum Gasteiger partial charge on any atom is -0.291 e. The highest BCUT2D eigenvalue weighted by molar-refractivity contribution is 5.97. The molecule has 90 valence electrons. The molecule has 0 unspecified atom stereocenters. The molecular weight excluding hydrogens is 214 g/mol. The molecule has 0 saturated carbocycles. The molecule has 0 saturated heterocycles. The average molecular weight is 231 g/mol. The summed E-state index contributed by atoms with van der Waals surface area (Å²) < 4.78 is 0. The van der Waals surface area contributed by atoms with Crippen molar-refractivity contribution in [3.05, 3.63) is 30.1 Å². The van der Waals surface area contributed by atoms with E-state index < -0.39 is 0 Å². The summed E-state index contributed by atoms with van der Waals surface area (Å²) in [5.74, 6) is 0.0921. The predicted molar refractivity (Wildman–Crippen MR) is 66.7 cm³/mol. The Kier molecular flexibility index (Phi) is 2.96. The van der Waals surface area contributed by atoms with Crippen LogP contribution in [0, 0.1) is 5.41 Å². The van der Waals surface area contributed by atoms with Crippen molar-refractivity contribution in [2.75, 3.05) is 5.32 Å². The van der Waals surface area contributed by atoms with Gasteiger partial charge in [0.05, 0.1) is 0 Å². The number of fused-ring (bicyclic) bond motifs is 1. The van der Waals surface area contributed by atoms with E-state index >= 15 is 0 Å². The zero-order chi connectivity index (χ0) is 12.5. The Morgan fingerprint density at radius 3 is 3.06 bits per heavy atom. The molecule has 0 bridgehead atoms. The fourth-order valence-corrected chi connectivity index (χ4v) is 2.09. The van der Waals surface area contributed by atoms with E-state index in [0.29, 0.717) is 11.4 Å². The molecule has 1 aliphatic carbocycles. The van der Waals surface area contributed by atoms with E-state index in [9.17, 15) is 4.79 Å². The zero-order valence-corrected chi connectivity index (χ0v) is 10.3. The number of amides is 1. The van der Waals surface area contributed by atoms with E-state index in [1.165, 1.54) is 11.6 Å². The normalized spacial score (nSPS) is 17.1. The average Bonchev–Trinajstić information content (AvgIpc) is 2.28. The first-order chi connectivity index (χ1) is 8.00. The number of hydrogen-bond acceptors (Lipinski definition) is 3. The lowest BCUT2D eigenvalue weighted by Crippen LogP contribution is -2.24. The Morgan fingerprint density at radius 2 is 2.35 bits per heavy atom. The van der Waals surface area contributed by atoms with Crippen LogP contribution < -0.4 is 5.32 Å². The van der Waals surface area contributed by atoms with Gasteiger partial charge in [-0.15, -0.1) is 0 Å². The van der Waals surface area contributed by atoms with Crippen LogP contribution in [0.5, 0.6) is 0 Å². The van der Waals surface area contributed by atoms with E-state index in [-0.39, 0.29) is 5.91 Å². The zero-order valence-electron chi connectivity index (χ0n) is 10.3. The molecule has 0 aromatic carbocycles. The maximum Gasteiger partial charge on any atom is 0.250 e. The van der Waals surface area contributed by atoms with Gasteiger partial charge in [0.1, 0.15) is 0 Å². The molecule has 1 heterocycles. The first-order valence-corrected chi connectivity index (χ1v) is 5.78. The quantitative estimate of drug-likeness (QED) is 0.793. The number of hydrogen-bond donors (Lipinski definition) is 1. The monoisotopic (exact) mass is 231 g/mol. The van der Waals surface area contributed by atoms with Crippen molar-refractivity contribution in [2.24, 2.45) is 5.41 Å². The lowest BCUT2D eigenvalue weighted by Gasteiger charge is -2.30. The van der Waals surface area contributed by atoms with Gasteiger partial charge in [0, 0.05) is 11.9 Å². The van der Waals surface area contributed by atoms with Gasteiger partial charge in [-0.25, -0.2) is 9.97 Å². The van der Waals surface area contributed by atoms with Crippen LogP contribution in [-0.2, 0) is 17.6 Å². The fourth-order valence-electron chi connectivity index (χ4n) is 2.09. The van der Waals surface area contributed by atoms with Gasteiger partial charge in [0.2, 0.25) is 11.9 Å². The number of nitrogens with zero attached hydrogens (tertiary/aromatic N) is 2. The van der Waals surface area contributed by atoms with Crippen molar-refractivity contribution in [2.45, 2.75) is 33.1 Å². The molecule has 0 fully saturated rings. The first kappa shape index (κ1) is 11.8. The second-order valence-corrected chi connectivity index (χ2v) is 5.20. The van der Waals surface area contributed by atoms with Gasteiger partial charge in [-0.2, -0.15) is 0 Å². The van der Waals surface area contributed by atoms with Crippen LogP contribution in [0.2, 0.25) is 0 Å².